The normalized spacial score (nSPS) is 11.2. The van der Waals surface area contributed by atoms with E-state index in [9.17, 15) is 4.79 Å². The van der Waals surface area contributed by atoms with E-state index < -0.39 is 0 Å². The first kappa shape index (κ1) is 18.4. The number of aryl methyl sites for hydroxylation is 1. The van der Waals surface area contributed by atoms with Gasteiger partial charge in [0.25, 0.3) is 0 Å². The average Bonchev–Trinajstić information content (AvgIpc) is 2.53. The molecule has 2 rings (SSSR count). The highest BCUT2D eigenvalue weighted by molar-refractivity contribution is 8.00. The summed E-state index contributed by atoms with van der Waals surface area (Å²) < 4.78 is 5.37. The maximum Gasteiger partial charge on any atom is 0.234 e. The topological polar surface area (TPSA) is 38.3 Å². The summed E-state index contributed by atoms with van der Waals surface area (Å²) in [6, 6.07) is 14.0. The molecule has 2 aromatic carbocycles. The molecule has 0 aromatic heterocycles. The number of anilines is 1. The SMILES string of the molecule is COc1ccc(C(C)(C)C)cc1NC(=O)CSc1ccccc1C. The Bertz CT molecular complexity index is 720. The largest absolute Gasteiger partial charge is 0.495 e. The second-order valence-electron chi connectivity index (χ2n) is 6.77. The Kier molecular flexibility index (Phi) is 5.94. The smallest absolute Gasteiger partial charge is 0.234 e. The van der Waals surface area contributed by atoms with Gasteiger partial charge < -0.3 is 10.1 Å². The number of methoxy groups -OCH3 is 1. The molecule has 3 nitrogen and oxygen atoms in total. The first-order chi connectivity index (χ1) is 11.3. The predicted molar refractivity (Wildman–Crippen MR) is 102 cm³/mol. The molecule has 0 bridgehead atoms. The second kappa shape index (κ2) is 7.75. The lowest BCUT2D eigenvalue weighted by Crippen LogP contribution is -2.17. The van der Waals surface area contributed by atoms with Crippen molar-refractivity contribution in [3.63, 3.8) is 0 Å². The molecule has 0 aliphatic heterocycles. The Morgan fingerprint density at radius 2 is 1.88 bits per heavy atom. The van der Waals surface area contributed by atoms with Crippen LogP contribution in [0.1, 0.15) is 31.9 Å². The predicted octanol–water partition coefficient (Wildman–Crippen LogP) is 5.03. The van der Waals surface area contributed by atoms with Crippen molar-refractivity contribution in [2.75, 3.05) is 18.2 Å². The van der Waals surface area contributed by atoms with E-state index in [2.05, 4.69) is 39.1 Å². The van der Waals surface area contributed by atoms with E-state index in [0.717, 1.165) is 16.1 Å². The Labute approximate surface area is 148 Å². The van der Waals surface area contributed by atoms with Crippen LogP contribution in [0.4, 0.5) is 5.69 Å². The molecule has 0 aliphatic carbocycles. The molecule has 1 amide bonds. The molecule has 0 fully saturated rings. The van der Waals surface area contributed by atoms with Crippen molar-refractivity contribution < 1.29 is 9.53 Å². The van der Waals surface area contributed by atoms with Crippen LogP contribution in [0.15, 0.2) is 47.4 Å². The maximum atomic E-state index is 12.3. The van der Waals surface area contributed by atoms with Crippen molar-refractivity contribution in [3.05, 3.63) is 53.6 Å². The van der Waals surface area contributed by atoms with Crippen LogP contribution in [0.5, 0.6) is 5.75 Å². The molecule has 1 N–H and O–H groups in total. The number of hydrogen-bond acceptors (Lipinski definition) is 3. The number of amides is 1. The first-order valence-electron chi connectivity index (χ1n) is 7.98. The molecular formula is C20H25NO2S. The van der Waals surface area contributed by atoms with Gasteiger partial charge in [0.15, 0.2) is 0 Å². The second-order valence-corrected chi connectivity index (χ2v) is 7.78. The van der Waals surface area contributed by atoms with Crippen LogP contribution in [0, 0.1) is 6.92 Å². The molecule has 0 atom stereocenters. The standard InChI is InChI=1S/C20H25NO2S/c1-14-8-6-7-9-18(14)24-13-19(22)21-16-12-15(20(2,3)4)10-11-17(16)23-5/h6-12H,13H2,1-5H3,(H,21,22). The minimum atomic E-state index is -0.0346. The molecule has 24 heavy (non-hydrogen) atoms. The zero-order chi connectivity index (χ0) is 17.7. The lowest BCUT2D eigenvalue weighted by Gasteiger charge is -2.21. The third-order valence-corrected chi connectivity index (χ3v) is 4.97. The van der Waals surface area contributed by atoms with Gasteiger partial charge in [0.05, 0.1) is 18.6 Å². The summed E-state index contributed by atoms with van der Waals surface area (Å²) in [6.07, 6.45) is 0. The Morgan fingerprint density at radius 3 is 2.50 bits per heavy atom. The third-order valence-electron chi connectivity index (χ3n) is 3.79. The van der Waals surface area contributed by atoms with Gasteiger partial charge in [-0.15, -0.1) is 11.8 Å². The highest BCUT2D eigenvalue weighted by Gasteiger charge is 2.17. The molecule has 0 spiro atoms. The van der Waals surface area contributed by atoms with Crippen molar-refractivity contribution in [1.29, 1.82) is 0 Å². The summed E-state index contributed by atoms with van der Waals surface area (Å²) in [5.74, 6) is 1.01. The van der Waals surface area contributed by atoms with E-state index >= 15 is 0 Å². The lowest BCUT2D eigenvalue weighted by atomic mass is 9.87. The van der Waals surface area contributed by atoms with Gasteiger partial charge in [0.2, 0.25) is 5.91 Å². The number of nitrogens with one attached hydrogen (secondary N) is 1. The fourth-order valence-electron chi connectivity index (χ4n) is 2.32. The molecule has 0 heterocycles. The molecule has 4 heteroatoms. The molecule has 0 saturated carbocycles. The van der Waals surface area contributed by atoms with Crippen LogP contribution in [-0.4, -0.2) is 18.8 Å². The molecule has 0 unspecified atom stereocenters. The quantitative estimate of drug-likeness (QED) is 0.774. The van der Waals surface area contributed by atoms with Crippen molar-refractivity contribution >= 4 is 23.4 Å². The number of ether oxygens (including phenoxy) is 1. The van der Waals surface area contributed by atoms with Crippen LogP contribution < -0.4 is 10.1 Å². The third kappa shape index (κ3) is 4.78. The Balaban J connectivity index is 2.09. The maximum absolute atomic E-state index is 12.3. The Morgan fingerprint density at radius 1 is 1.17 bits per heavy atom. The highest BCUT2D eigenvalue weighted by Crippen LogP contribution is 2.31. The van der Waals surface area contributed by atoms with Crippen LogP contribution in [0.2, 0.25) is 0 Å². The average molecular weight is 343 g/mol. The molecule has 2 aromatic rings. The van der Waals surface area contributed by atoms with Gasteiger partial charge in [0.1, 0.15) is 5.75 Å². The molecule has 128 valence electrons. The zero-order valence-electron chi connectivity index (χ0n) is 15.0. The molecular weight excluding hydrogens is 318 g/mol. The van der Waals surface area contributed by atoms with Crippen molar-refractivity contribution in [2.24, 2.45) is 0 Å². The summed E-state index contributed by atoms with van der Waals surface area (Å²) >= 11 is 1.54. The van der Waals surface area contributed by atoms with E-state index in [1.54, 1.807) is 18.9 Å². The summed E-state index contributed by atoms with van der Waals surface area (Å²) in [5.41, 5.74) is 3.08. The summed E-state index contributed by atoms with van der Waals surface area (Å²) in [6.45, 7) is 8.49. The lowest BCUT2D eigenvalue weighted by molar-refractivity contribution is -0.113. The van der Waals surface area contributed by atoms with Crippen LogP contribution in [-0.2, 0) is 10.2 Å². The van der Waals surface area contributed by atoms with Gasteiger partial charge in [-0.05, 0) is 41.7 Å². The van der Waals surface area contributed by atoms with Gasteiger partial charge in [-0.3, -0.25) is 4.79 Å². The number of carbonyl (C=O) groups is 1. The summed E-state index contributed by atoms with van der Waals surface area (Å²) in [7, 11) is 1.61. The van der Waals surface area contributed by atoms with Crippen LogP contribution in [0.25, 0.3) is 0 Å². The van der Waals surface area contributed by atoms with Crippen LogP contribution >= 0.6 is 11.8 Å². The van der Waals surface area contributed by atoms with Gasteiger partial charge >= 0.3 is 0 Å². The highest BCUT2D eigenvalue weighted by atomic mass is 32.2. The minimum absolute atomic E-state index is 0.0155. The zero-order valence-corrected chi connectivity index (χ0v) is 15.8. The van der Waals surface area contributed by atoms with E-state index in [-0.39, 0.29) is 11.3 Å². The fraction of sp³-hybridized carbons (Fsp3) is 0.350. The number of thioether (sulfide) groups is 1. The fourth-order valence-corrected chi connectivity index (χ4v) is 3.15. The molecule has 0 aliphatic rings. The number of benzene rings is 2. The number of hydrogen-bond donors (Lipinski definition) is 1. The number of carbonyl (C=O) groups excluding carboxylic acids is 1. The van der Waals surface area contributed by atoms with E-state index in [0.29, 0.717) is 11.5 Å². The van der Waals surface area contributed by atoms with Gasteiger partial charge in [0, 0.05) is 4.90 Å². The van der Waals surface area contributed by atoms with Crippen molar-refractivity contribution in [3.8, 4) is 5.75 Å². The van der Waals surface area contributed by atoms with E-state index in [1.807, 2.05) is 36.4 Å². The monoisotopic (exact) mass is 343 g/mol. The van der Waals surface area contributed by atoms with Crippen molar-refractivity contribution in [2.45, 2.75) is 38.0 Å². The van der Waals surface area contributed by atoms with Crippen molar-refractivity contribution in [1.82, 2.24) is 0 Å². The van der Waals surface area contributed by atoms with E-state index in [1.165, 1.54) is 5.56 Å². The Hall–Kier alpha value is -1.94. The van der Waals surface area contributed by atoms with E-state index in [4.69, 9.17) is 4.74 Å². The van der Waals surface area contributed by atoms with Gasteiger partial charge in [-0.25, -0.2) is 0 Å². The minimum Gasteiger partial charge on any atom is -0.495 e. The molecule has 0 radical (unpaired) electrons. The van der Waals surface area contributed by atoms with Gasteiger partial charge in [-0.2, -0.15) is 0 Å². The number of rotatable bonds is 5. The summed E-state index contributed by atoms with van der Waals surface area (Å²) in [5, 5.41) is 2.98. The van der Waals surface area contributed by atoms with Gasteiger partial charge in [-0.1, -0.05) is 45.0 Å². The molecule has 0 saturated heterocycles. The van der Waals surface area contributed by atoms with Crippen LogP contribution in [0.3, 0.4) is 0 Å². The summed E-state index contributed by atoms with van der Waals surface area (Å²) in [4.78, 5) is 13.5. The first-order valence-corrected chi connectivity index (χ1v) is 8.96.